The van der Waals surface area contributed by atoms with E-state index in [1.807, 2.05) is 18.2 Å². The monoisotopic (exact) mass is 382 g/mol. The fraction of sp³-hybridized carbons (Fsp3) is 0.458. The summed E-state index contributed by atoms with van der Waals surface area (Å²) in [6.45, 7) is 6.29. The molecule has 1 aromatic rings. The molecule has 1 fully saturated rings. The van der Waals surface area contributed by atoms with E-state index in [4.69, 9.17) is 4.74 Å². The van der Waals surface area contributed by atoms with Crippen LogP contribution in [0.5, 0.6) is 0 Å². The number of carbonyl (C=O) groups excluding carboxylic acids is 1. The second-order valence-corrected chi connectivity index (χ2v) is 9.10. The number of rotatable bonds is 3. The number of halogens is 1. The SMILES string of the molecule is Cc1cc(C2=C(/C=C/[C@@H]3C[C@@H](O)CC(=O)O3)C3(C)C=CC(C)(C2)C3)ccc1F. The number of carbonyl (C=O) groups is 1. The molecule has 28 heavy (non-hydrogen) atoms. The van der Waals surface area contributed by atoms with E-state index in [2.05, 4.69) is 32.1 Å². The molecule has 2 unspecified atom stereocenters. The van der Waals surface area contributed by atoms with E-state index in [-0.39, 0.29) is 29.0 Å². The van der Waals surface area contributed by atoms with E-state index in [0.29, 0.717) is 12.0 Å². The van der Waals surface area contributed by atoms with Crippen LogP contribution >= 0.6 is 0 Å². The maximum atomic E-state index is 13.8. The zero-order chi connectivity index (χ0) is 20.1. The Morgan fingerprint density at radius 1 is 1.29 bits per heavy atom. The van der Waals surface area contributed by atoms with Crippen LogP contribution in [0.25, 0.3) is 5.57 Å². The Kier molecular flexibility index (Phi) is 4.58. The Hall–Kier alpha value is -2.20. The van der Waals surface area contributed by atoms with E-state index in [0.717, 1.165) is 18.4 Å². The molecule has 3 aliphatic rings. The van der Waals surface area contributed by atoms with Gasteiger partial charge in [0.2, 0.25) is 0 Å². The van der Waals surface area contributed by atoms with Crippen LogP contribution in [0, 0.1) is 23.6 Å². The van der Waals surface area contributed by atoms with E-state index < -0.39 is 12.2 Å². The Bertz CT molecular complexity index is 912. The smallest absolute Gasteiger partial charge is 0.309 e. The summed E-state index contributed by atoms with van der Waals surface area (Å²) in [4.78, 5) is 11.6. The number of cyclic esters (lactones) is 1. The van der Waals surface area contributed by atoms with Gasteiger partial charge in [0.1, 0.15) is 11.9 Å². The fourth-order valence-electron chi connectivity index (χ4n) is 5.00. The number of fused-ring (bicyclic) bond motifs is 2. The van der Waals surface area contributed by atoms with Crippen molar-refractivity contribution in [1.29, 1.82) is 0 Å². The minimum absolute atomic E-state index is 0.0615. The molecule has 0 spiro atoms. The second-order valence-electron chi connectivity index (χ2n) is 9.10. The summed E-state index contributed by atoms with van der Waals surface area (Å²) in [5.41, 5.74) is 4.05. The molecule has 4 atom stereocenters. The lowest BCUT2D eigenvalue weighted by Gasteiger charge is -2.39. The Morgan fingerprint density at radius 2 is 2.07 bits per heavy atom. The van der Waals surface area contributed by atoms with Gasteiger partial charge in [0.25, 0.3) is 0 Å². The van der Waals surface area contributed by atoms with Crippen molar-refractivity contribution in [3.63, 3.8) is 0 Å². The Labute approximate surface area is 165 Å². The van der Waals surface area contributed by atoms with Crippen molar-refractivity contribution in [2.24, 2.45) is 10.8 Å². The second kappa shape index (κ2) is 6.70. The third-order valence-corrected chi connectivity index (χ3v) is 6.32. The van der Waals surface area contributed by atoms with Gasteiger partial charge in [0.15, 0.2) is 0 Å². The van der Waals surface area contributed by atoms with Crippen molar-refractivity contribution in [1.82, 2.24) is 0 Å². The largest absolute Gasteiger partial charge is 0.458 e. The van der Waals surface area contributed by atoms with Gasteiger partial charge in [-0.15, -0.1) is 0 Å². The third-order valence-electron chi connectivity index (χ3n) is 6.32. The number of esters is 1. The molecule has 0 saturated carbocycles. The quantitative estimate of drug-likeness (QED) is 0.598. The summed E-state index contributed by atoms with van der Waals surface area (Å²) in [7, 11) is 0. The molecule has 4 rings (SSSR count). The van der Waals surface area contributed by atoms with Crippen LogP contribution in [0.2, 0.25) is 0 Å². The maximum absolute atomic E-state index is 13.8. The summed E-state index contributed by atoms with van der Waals surface area (Å²) in [5.74, 6) is -0.557. The molecule has 3 nitrogen and oxygen atoms in total. The molecule has 0 amide bonds. The summed E-state index contributed by atoms with van der Waals surface area (Å²) >= 11 is 0. The van der Waals surface area contributed by atoms with Crippen molar-refractivity contribution >= 4 is 11.5 Å². The molecule has 2 aliphatic carbocycles. The van der Waals surface area contributed by atoms with Crippen molar-refractivity contribution in [2.45, 2.75) is 58.7 Å². The molecular formula is C24H27FO3. The first kappa shape index (κ1) is 19.1. The van der Waals surface area contributed by atoms with Gasteiger partial charge < -0.3 is 9.84 Å². The molecule has 1 aromatic carbocycles. The number of aliphatic hydroxyl groups excluding tert-OH is 1. The molecule has 0 radical (unpaired) electrons. The first-order valence-electron chi connectivity index (χ1n) is 9.94. The third kappa shape index (κ3) is 3.46. The van der Waals surface area contributed by atoms with Crippen LogP contribution in [0.3, 0.4) is 0 Å². The highest BCUT2D eigenvalue weighted by atomic mass is 19.1. The first-order valence-corrected chi connectivity index (χ1v) is 9.94. The summed E-state index contributed by atoms with van der Waals surface area (Å²) in [6, 6.07) is 5.31. The summed E-state index contributed by atoms with van der Waals surface area (Å²) < 4.78 is 19.2. The zero-order valence-electron chi connectivity index (χ0n) is 16.7. The Balaban J connectivity index is 1.76. The average Bonchev–Trinajstić information content (AvgIpc) is 2.86. The fourth-order valence-corrected chi connectivity index (χ4v) is 5.00. The highest BCUT2D eigenvalue weighted by Crippen LogP contribution is 2.58. The minimum Gasteiger partial charge on any atom is -0.458 e. The van der Waals surface area contributed by atoms with Gasteiger partial charge in [-0.25, -0.2) is 4.39 Å². The lowest BCUT2D eigenvalue weighted by Crippen LogP contribution is -2.31. The van der Waals surface area contributed by atoms with Crippen LogP contribution in [0.15, 0.2) is 48.1 Å². The van der Waals surface area contributed by atoms with E-state index in [1.165, 1.54) is 17.2 Å². The van der Waals surface area contributed by atoms with Gasteiger partial charge in [-0.3, -0.25) is 4.79 Å². The standard InChI is InChI=1S/C24H27FO3/c1-15-10-16(4-7-21(15)25)19-13-23(2)8-9-24(3,14-23)20(19)6-5-18-11-17(26)12-22(27)28-18/h4-10,17-18,26H,11-14H2,1-3H3/b6-5+/t17-,18-,23?,24?/m1/s1. The average molecular weight is 382 g/mol. The number of benzene rings is 1. The molecule has 1 heterocycles. The van der Waals surface area contributed by atoms with Crippen LogP contribution in [-0.2, 0) is 9.53 Å². The number of aliphatic hydroxyl groups is 1. The first-order chi connectivity index (χ1) is 13.2. The number of allylic oxidation sites excluding steroid dienone is 5. The van der Waals surface area contributed by atoms with E-state index in [9.17, 15) is 14.3 Å². The maximum Gasteiger partial charge on any atom is 0.309 e. The zero-order valence-corrected chi connectivity index (χ0v) is 16.7. The van der Waals surface area contributed by atoms with Crippen LogP contribution in [0.1, 0.15) is 50.7 Å². The highest BCUT2D eigenvalue weighted by Gasteiger charge is 2.45. The Morgan fingerprint density at radius 3 is 2.79 bits per heavy atom. The summed E-state index contributed by atoms with van der Waals surface area (Å²) in [6.07, 6.45) is 9.85. The molecule has 4 heteroatoms. The van der Waals surface area contributed by atoms with Crippen LogP contribution in [-0.4, -0.2) is 23.3 Å². The summed E-state index contributed by atoms with van der Waals surface area (Å²) in [5, 5.41) is 9.87. The predicted octanol–water partition coefficient (Wildman–Crippen LogP) is 4.89. The van der Waals surface area contributed by atoms with Gasteiger partial charge in [0.05, 0.1) is 12.5 Å². The molecule has 1 aliphatic heterocycles. The van der Waals surface area contributed by atoms with Crippen LogP contribution < -0.4 is 0 Å². The lowest BCUT2D eigenvalue weighted by atomic mass is 9.65. The molecule has 1 saturated heterocycles. The number of ether oxygens (including phenoxy) is 1. The topological polar surface area (TPSA) is 46.5 Å². The van der Waals surface area contributed by atoms with Crippen molar-refractivity contribution < 1.29 is 19.0 Å². The van der Waals surface area contributed by atoms with Gasteiger partial charge >= 0.3 is 5.97 Å². The van der Waals surface area contributed by atoms with E-state index in [1.54, 1.807) is 6.92 Å². The molecule has 0 aromatic heterocycles. The van der Waals surface area contributed by atoms with Crippen LogP contribution in [0.4, 0.5) is 4.39 Å². The molecule has 1 N–H and O–H groups in total. The number of hydrogen-bond acceptors (Lipinski definition) is 3. The molecule has 2 bridgehead atoms. The predicted molar refractivity (Wildman–Crippen MR) is 107 cm³/mol. The van der Waals surface area contributed by atoms with Crippen molar-refractivity contribution in [3.05, 3.63) is 65.0 Å². The lowest BCUT2D eigenvalue weighted by molar-refractivity contribution is -0.156. The van der Waals surface area contributed by atoms with Crippen molar-refractivity contribution in [3.8, 4) is 0 Å². The number of hydrogen-bond donors (Lipinski definition) is 1. The minimum atomic E-state index is -0.652. The van der Waals surface area contributed by atoms with Gasteiger partial charge in [-0.1, -0.05) is 38.1 Å². The van der Waals surface area contributed by atoms with Crippen molar-refractivity contribution in [2.75, 3.05) is 0 Å². The highest BCUT2D eigenvalue weighted by molar-refractivity contribution is 5.76. The number of aryl methyl sites for hydroxylation is 1. The van der Waals surface area contributed by atoms with Gasteiger partial charge in [-0.05, 0) is 65.7 Å². The van der Waals surface area contributed by atoms with E-state index >= 15 is 0 Å². The molecular weight excluding hydrogens is 355 g/mol. The van der Waals surface area contributed by atoms with Gasteiger partial charge in [-0.2, -0.15) is 0 Å². The van der Waals surface area contributed by atoms with Gasteiger partial charge in [0, 0.05) is 11.8 Å². The normalized spacial score (nSPS) is 35.0. The molecule has 148 valence electrons.